The van der Waals surface area contributed by atoms with Crippen LogP contribution in [0.3, 0.4) is 0 Å². The van der Waals surface area contributed by atoms with Gasteiger partial charge in [0, 0.05) is 47.6 Å². The third-order valence-electron chi connectivity index (χ3n) is 7.60. The highest BCUT2D eigenvalue weighted by atomic mass is 16.1. The molecule has 1 fully saturated rings. The Labute approximate surface area is 203 Å². The van der Waals surface area contributed by atoms with Gasteiger partial charge in [0.25, 0.3) is 0 Å². The molecule has 3 heterocycles. The minimum Gasteiger partial charge on any atom is -0.296 e. The van der Waals surface area contributed by atoms with E-state index in [0.717, 1.165) is 72.4 Å². The van der Waals surface area contributed by atoms with Gasteiger partial charge in [-0.3, -0.25) is 19.7 Å². The number of carbonyl (C=O) groups excluding carboxylic acids is 1. The van der Waals surface area contributed by atoms with Gasteiger partial charge in [-0.2, -0.15) is 0 Å². The van der Waals surface area contributed by atoms with Crippen LogP contribution in [0.4, 0.5) is 0 Å². The molecular weight excluding hydrogens is 418 g/mol. The lowest BCUT2D eigenvalue weighted by Crippen LogP contribution is -2.38. The maximum Gasteiger partial charge on any atom is 0.163 e. The fourth-order valence-electron chi connectivity index (χ4n) is 5.89. The van der Waals surface area contributed by atoms with E-state index >= 15 is 0 Å². The van der Waals surface area contributed by atoms with Gasteiger partial charge < -0.3 is 0 Å². The summed E-state index contributed by atoms with van der Waals surface area (Å²) in [6.45, 7) is 4.40. The normalized spacial score (nSPS) is 24.3. The summed E-state index contributed by atoms with van der Waals surface area (Å²) in [6, 6.07) is 17.9. The molecule has 1 saturated heterocycles. The molecule has 3 aliphatic rings. The molecular formula is C30H31N3O. The van der Waals surface area contributed by atoms with Crippen LogP contribution in [0.5, 0.6) is 0 Å². The Morgan fingerprint density at radius 3 is 2.94 bits per heavy atom. The summed E-state index contributed by atoms with van der Waals surface area (Å²) in [6.07, 6.45) is 6.26. The van der Waals surface area contributed by atoms with E-state index < -0.39 is 6.02 Å². The second-order valence-corrected chi connectivity index (χ2v) is 9.91. The molecule has 4 nitrogen and oxygen atoms in total. The van der Waals surface area contributed by atoms with Crippen LogP contribution in [0.2, 0.25) is 0 Å². The summed E-state index contributed by atoms with van der Waals surface area (Å²) in [4.78, 5) is 24.8. The first kappa shape index (κ1) is 20.3. The molecule has 4 heteroatoms. The molecule has 2 aliphatic heterocycles. The molecule has 0 spiro atoms. The Morgan fingerprint density at radius 1 is 1.12 bits per heavy atom. The fourth-order valence-corrected chi connectivity index (χ4v) is 5.89. The first-order valence-corrected chi connectivity index (χ1v) is 12.5. The summed E-state index contributed by atoms with van der Waals surface area (Å²) in [5, 5.41) is 0. The lowest BCUT2D eigenvalue weighted by atomic mass is 9.88. The maximum atomic E-state index is 13.4. The number of aliphatic imine (C=N–C) groups is 1. The standard InChI is InChI=1S/C30H31N3O/c1-20-15-24(12-13-31-20)30-27-17-23(8-9-25(27)18-32-30)29(34)16-21-5-4-14-33(19-21)28-11-10-22-6-2-3-7-26(22)28/h2-3,6-9,12-13,15,17,21,28H,4-5,10-11,14,16,18-19H2,1H3/t21-,28?/m0/s1/i28D. The molecule has 0 N–H and O–H groups in total. The lowest BCUT2D eigenvalue weighted by Gasteiger charge is -2.37. The summed E-state index contributed by atoms with van der Waals surface area (Å²) in [5.41, 5.74) is 8.45. The highest BCUT2D eigenvalue weighted by Crippen LogP contribution is 2.38. The first-order valence-electron chi connectivity index (χ1n) is 13.0. The Bertz CT molecular complexity index is 1330. The van der Waals surface area contributed by atoms with Gasteiger partial charge in [0.2, 0.25) is 0 Å². The predicted octanol–water partition coefficient (Wildman–Crippen LogP) is 5.71. The zero-order valence-electron chi connectivity index (χ0n) is 20.8. The van der Waals surface area contributed by atoms with Gasteiger partial charge in [-0.25, -0.2) is 0 Å². The number of hydrogen-bond donors (Lipinski definition) is 0. The monoisotopic (exact) mass is 450 g/mol. The molecule has 2 aromatic carbocycles. The van der Waals surface area contributed by atoms with Crippen LogP contribution < -0.4 is 0 Å². The zero-order chi connectivity index (χ0) is 24.0. The summed E-state index contributed by atoms with van der Waals surface area (Å²) < 4.78 is 9.32. The van der Waals surface area contributed by atoms with E-state index in [1.54, 1.807) is 0 Å². The van der Waals surface area contributed by atoms with Crippen molar-refractivity contribution in [3.8, 4) is 0 Å². The number of ketones is 1. The number of aromatic nitrogens is 1. The second-order valence-electron chi connectivity index (χ2n) is 9.91. The summed E-state index contributed by atoms with van der Waals surface area (Å²) in [5.74, 6) is 0.484. The van der Waals surface area contributed by atoms with E-state index in [-0.39, 0.29) is 11.7 Å². The second kappa shape index (κ2) is 8.92. The van der Waals surface area contributed by atoms with Crippen LogP contribution in [0.25, 0.3) is 0 Å². The van der Waals surface area contributed by atoms with Crippen molar-refractivity contribution >= 4 is 11.5 Å². The number of aryl methyl sites for hydroxylation is 2. The average molecular weight is 451 g/mol. The highest BCUT2D eigenvalue weighted by molar-refractivity contribution is 6.16. The molecule has 0 amide bonds. The number of hydrogen-bond acceptors (Lipinski definition) is 4. The zero-order valence-corrected chi connectivity index (χ0v) is 19.8. The van der Waals surface area contributed by atoms with Gasteiger partial charge in [-0.15, -0.1) is 0 Å². The maximum absolute atomic E-state index is 13.4. The van der Waals surface area contributed by atoms with Crippen LogP contribution in [0.1, 0.15) is 76.9 Å². The molecule has 1 aromatic heterocycles. The molecule has 1 unspecified atom stereocenters. The topological polar surface area (TPSA) is 45.6 Å². The number of likely N-dealkylation sites (tertiary alicyclic amines) is 1. The van der Waals surface area contributed by atoms with E-state index in [4.69, 9.17) is 4.99 Å². The molecule has 3 aromatic rings. The third kappa shape index (κ3) is 4.01. The number of carbonyl (C=O) groups is 1. The van der Waals surface area contributed by atoms with Crippen LogP contribution >= 0.6 is 0 Å². The van der Waals surface area contributed by atoms with Gasteiger partial charge in [0.05, 0.1) is 13.6 Å². The fraction of sp³-hybridized carbons (Fsp3) is 0.367. The number of pyridine rings is 1. The Hall–Kier alpha value is -3.11. The van der Waals surface area contributed by atoms with E-state index in [2.05, 4.69) is 46.3 Å². The van der Waals surface area contributed by atoms with Crippen LogP contribution in [0, 0.1) is 12.8 Å². The average Bonchev–Trinajstić information content (AvgIpc) is 3.46. The number of benzene rings is 2. The molecule has 1 aliphatic carbocycles. The van der Waals surface area contributed by atoms with Gasteiger partial charge in [-0.1, -0.05) is 36.4 Å². The quantitative estimate of drug-likeness (QED) is 0.468. The lowest BCUT2D eigenvalue weighted by molar-refractivity contribution is 0.0865. The first-order chi connectivity index (χ1) is 17.0. The molecule has 0 radical (unpaired) electrons. The van der Waals surface area contributed by atoms with Crippen molar-refractivity contribution in [1.29, 1.82) is 0 Å². The van der Waals surface area contributed by atoms with Crippen molar-refractivity contribution in [2.75, 3.05) is 13.1 Å². The highest BCUT2D eigenvalue weighted by Gasteiger charge is 2.32. The minimum atomic E-state index is -0.653. The molecule has 2 atom stereocenters. The molecule has 172 valence electrons. The number of nitrogens with zero attached hydrogens (tertiary/aromatic N) is 3. The number of fused-ring (bicyclic) bond motifs is 2. The van der Waals surface area contributed by atoms with Crippen LogP contribution in [-0.2, 0) is 13.0 Å². The van der Waals surface area contributed by atoms with Crippen LogP contribution in [-0.4, -0.2) is 34.5 Å². The number of piperidine rings is 1. The van der Waals surface area contributed by atoms with Gasteiger partial charge in [-0.05, 0) is 80.0 Å². The van der Waals surface area contributed by atoms with E-state index in [1.165, 1.54) is 11.1 Å². The molecule has 6 rings (SSSR count). The molecule has 0 bridgehead atoms. The van der Waals surface area contributed by atoms with Gasteiger partial charge in [0.1, 0.15) is 0 Å². The SMILES string of the molecule is [2H]C1(N2CCC[C@@H](CC(=O)c3ccc4c(c3)C(c3ccnc(C)c3)=NC4)C2)CCc2ccccc21. The number of Topliss-reactive ketones (excluding diaryl/α,β-unsaturated/α-hetero) is 1. The van der Waals surface area contributed by atoms with E-state index in [1.807, 2.05) is 31.3 Å². The molecule has 0 saturated carbocycles. The van der Waals surface area contributed by atoms with Crippen molar-refractivity contribution in [2.24, 2.45) is 10.9 Å². The Balaban J connectivity index is 1.18. The summed E-state index contributed by atoms with van der Waals surface area (Å²) in [7, 11) is 0. The van der Waals surface area contributed by atoms with Crippen molar-refractivity contribution in [3.63, 3.8) is 0 Å². The van der Waals surface area contributed by atoms with E-state index in [9.17, 15) is 6.17 Å². The predicted molar refractivity (Wildman–Crippen MR) is 136 cm³/mol. The van der Waals surface area contributed by atoms with Crippen molar-refractivity contribution in [1.82, 2.24) is 9.88 Å². The van der Waals surface area contributed by atoms with Crippen molar-refractivity contribution < 1.29 is 6.17 Å². The largest absolute Gasteiger partial charge is 0.296 e. The third-order valence-corrected chi connectivity index (χ3v) is 7.60. The Kier molecular flexibility index (Phi) is 5.32. The van der Waals surface area contributed by atoms with Crippen molar-refractivity contribution in [3.05, 3.63) is 99.9 Å². The Morgan fingerprint density at radius 2 is 2.03 bits per heavy atom. The summed E-state index contributed by atoms with van der Waals surface area (Å²) >= 11 is 0. The minimum absolute atomic E-state index is 0.197. The smallest absolute Gasteiger partial charge is 0.163 e. The van der Waals surface area contributed by atoms with E-state index in [0.29, 0.717) is 13.0 Å². The molecule has 34 heavy (non-hydrogen) atoms. The van der Waals surface area contributed by atoms with Crippen LogP contribution in [0.15, 0.2) is 65.8 Å². The number of rotatable bonds is 5. The van der Waals surface area contributed by atoms with Gasteiger partial charge in [0.15, 0.2) is 5.78 Å². The van der Waals surface area contributed by atoms with Gasteiger partial charge >= 0.3 is 0 Å². The van der Waals surface area contributed by atoms with Crippen molar-refractivity contribution in [2.45, 2.75) is 51.6 Å².